The normalized spacial score (nSPS) is 13.6. The molecule has 0 saturated heterocycles. The third-order valence-electron chi connectivity index (χ3n) is 4.11. The van der Waals surface area contributed by atoms with E-state index >= 15 is 0 Å². The number of rotatable bonds is 6. The number of phenolic OH excluding ortho intramolecular Hbond substituents is 1. The molecule has 0 atom stereocenters. The Hall–Kier alpha value is -2.23. The molecule has 1 heterocycles. The van der Waals surface area contributed by atoms with Crippen molar-refractivity contribution in [3.63, 3.8) is 0 Å². The quantitative estimate of drug-likeness (QED) is 0.783. The second-order valence-corrected chi connectivity index (χ2v) is 6.19. The summed E-state index contributed by atoms with van der Waals surface area (Å²) < 4.78 is 5.37. The fourth-order valence-electron chi connectivity index (χ4n) is 2.72. The Morgan fingerprint density at radius 1 is 1.35 bits per heavy atom. The summed E-state index contributed by atoms with van der Waals surface area (Å²) in [6.07, 6.45) is 6.96. The number of fused-ring (bicyclic) bond motifs is 1. The van der Waals surface area contributed by atoms with Gasteiger partial charge in [-0.2, -0.15) is 0 Å². The lowest BCUT2D eigenvalue weighted by Crippen LogP contribution is -2.12. The Morgan fingerprint density at radius 2 is 2.09 bits per heavy atom. The highest BCUT2D eigenvalue weighted by Crippen LogP contribution is 2.37. The first-order chi connectivity index (χ1) is 10.9. The minimum Gasteiger partial charge on any atom is -0.507 e. The highest BCUT2D eigenvalue weighted by atomic mass is 16.5. The number of phenols is 1. The van der Waals surface area contributed by atoms with Crippen LogP contribution < -0.4 is 10.1 Å². The average Bonchev–Trinajstić information content (AvgIpc) is 2.87. The van der Waals surface area contributed by atoms with Crippen molar-refractivity contribution in [2.45, 2.75) is 46.6 Å². The van der Waals surface area contributed by atoms with Gasteiger partial charge in [-0.3, -0.25) is 4.79 Å². The zero-order valence-electron chi connectivity index (χ0n) is 14.3. The van der Waals surface area contributed by atoms with Crippen LogP contribution >= 0.6 is 0 Å². The van der Waals surface area contributed by atoms with Gasteiger partial charge in [0.1, 0.15) is 11.5 Å². The van der Waals surface area contributed by atoms with Gasteiger partial charge in [-0.25, -0.2) is 0 Å². The van der Waals surface area contributed by atoms with E-state index < -0.39 is 0 Å². The summed E-state index contributed by atoms with van der Waals surface area (Å²) in [4.78, 5) is 11.7. The molecule has 0 unspecified atom stereocenters. The van der Waals surface area contributed by atoms with Gasteiger partial charge in [0.05, 0.1) is 12.7 Å². The number of benzene rings is 1. The lowest BCUT2D eigenvalue weighted by molar-refractivity contribution is 0.0965. The fraction of sp³-hybridized carbons (Fsp3) is 0.421. The van der Waals surface area contributed by atoms with E-state index in [-0.39, 0.29) is 11.7 Å². The van der Waals surface area contributed by atoms with Gasteiger partial charge in [0.2, 0.25) is 0 Å². The van der Waals surface area contributed by atoms with E-state index in [4.69, 9.17) is 4.74 Å². The molecule has 0 saturated carbocycles. The Kier molecular flexibility index (Phi) is 5.48. The van der Waals surface area contributed by atoms with Crippen LogP contribution in [0.5, 0.6) is 11.5 Å². The molecule has 2 rings (SSSR count). The molecule has 0 aromatic heterocycles. The smallest absolute Gasteiger partial charge is 0.252 e. The van der Waals surface area contributed by atoms with Crippen molar-refractivity contribution in [2.24, 2.45) is 0 Å². The standard InChI is InChI=1S/C19H25NO3/c1-12(2)6-5-7-13(3)8-9-14-17(23-4)10-15-16(18(14)21)11-20-19(15)22/h6,8,10,21H,5,7,9,11H2,1-4H3,(H,20,22). The minimum atomic E-state index is -0.159. The Morgan fingerprint density at radius 3 is 2.74 bits per heavy atom. The predicted molar refractivity (Wildman–Crippen MR) is 92.0 cm³/mol. The maximum absolute atomic E-state index is 11.7. The second-order valence-electron chi connectivity index (χ2n) is 6.19. The van der Waals surface area contributed by atoms with E-state index in [1.807, 2.05) is 0 Å². The molecule has 4 nitrogen and oxygen atoms in total. The molecule has 1 aromatic carbocycles. The van der Waals surface area contributed by atoms with Crippen LogP contribution in [0.1, 0.15) is 55.1 Å². The monoisotopic (exact) mass is 315 g/mol. The highest BCUT2D eigenvalue weighted by molar-refractivity contribution is 5.99. The Bertz CT molecular complexity index is 668. The maximum atomic E-state index is 11.7. The Balaban J connectivity index is 2.20. The van der Waals surface area contributed by atoms with E-state index in [1.165, 1.54) is 11.1 Å². The van der Waals surface area contributed by atoms with Crippen LogP contribution in [0.4, 0.5) is 0 Å². The number of nitrogens with one attached hydrogen (secondary N) is 1. The van der Waals surface area contributed by atoms with Crippen LogP contribution in [-0.4, -0.2) is 18.1 Å². The molecule has 0 aliphatic carbocycles. The molecular weight excluding hydrogens is 290 g/mol. The number of carbonyl (C=O) groups excluding carboxylic acids is 1. The van der Waals surface area contributed by atoms with Gasteiger partial charge >= 0.3 is 0 Å². The van der Waals surface area contributed by atoms with Gasteiger partial charge in [-0.15, -0.1) is 0 Å². The molecule has 23 heavy (non-hydrogen) atoms. The van der Waals surface area contributed by atoms with Gasteiger partial charge in [0, 0.05) is 17.7 Å². The molecule has 1 aliphatic heterocycles. The maximum Gasteiger partial charge on any atom is 0.252 e. The van der Waals surface area contributed by atoms with Crippen LogP contribution in [0.25, 0.3) is 0 Å². The zero-order valence-corrected chi connectivity index (χ0v) is 14.3. The van der Waals surface area contributed by atoms with Crippen molar-refractivity contribution in [1.82, 2.24) is 5.32 Å². The first-order valence-corrected chi connectivity index (χ1v) is 7.93. The van der Waals surface area contributed by atoms with E-state index in [2.05, 4.69) is 38.2 Å². The van der Waals surface area contributed by atoms with E-state index in [1.54, 1.807) is 13.2 Å². The molecule has 0 bridgehead atoms. The SMILES string of the molecule is COc1cc2c(c(O)c1CC=C(C)CCC=C(C)C)CNC2=O. The lowest BCUT2D eigenvalue weighted by atomic mass is 9.99. The third kappa shape index (κ3) is 3.95. The molecule has 1 amide bonds. The van der Waals surface area contributed by atoms with E-state index in [9.17, 15) is 9.90 Å². The molecule has 0 radical (unpaired) electrons. The van der Waals surface area contributed by atoms with E-state index in [0.717, 1.165) is 18.4 Å². The second kappa shape index (κ2) is 7.36. The van der Waals surface area contributed by atoms with Crippen molar-refractivity contribution in [3.8, 4) is 11.5 Å². The molecule has 1 aliphatic rings. The number of allylic oxidation sites excluding steroid dienone is 4. The number of ether oxygens (including phenoxy) is 1. The summed E-state index contributed by atoms with van der Waals surface area (Å²) in [5.41, 5.74) is 4.52. The summed E-state index contributed by atoms with van der Waals surface area (Å²) in [6, 6.07) is 1.72. The van der Waals surface area contributed by atoms with Crippen molar-refractivity contribution in [2.75, 3.05) is 7.11 Å². The molecule has 4 heteroatoms. The molecule has 0 spiro atoms. The van der Waals surface area contributed by atoms with E-state index in [0.29, 0.717) is 29.8 Å². The third-order valence-corrected chi connectivity index (χ3v) is 4.11. The van der Waals surface area contributed by atoms with Crippen LogP contribution in [-0.2, 0) is 13.0 Å². The van der Waals surface area contributed by atoms with Crippen molar-refractivity contribution < 1.29 is 14.6 Å². The fourth-order valence-corrected chi connectivity index (χ4v) is 2.72. The first-order valence-electron chi connectivity index (χ1n) is 7.93. The van der Waals surface area contributed by atoms with Crippen LogP contribution in [0.15, 0.2) is 29.4 Å². The number of hydrogen-bond acceptors (Lipinski definition) is 3. The lowest BCUT2D eigenvalue weighted by Gasteiger charge is -2.12. The van der Waals surface area contributed by atoms with Crippen molar-refractivity contribution in [1.29, 1.82) is 0 Å². The summed E-state index contributed by atoms with van der Waals surface area (Å²) in [5, 5.41) is 13.2. The van der Waals surface area contributed by atoms with Crippen LogP contribution in [0, 0.1) is 0 Å². The van der Waals surface area contributed by atoms with Gasteiger partial charge in [-0.1, -0.05) is 23.3 Å². The summed E-state index contributed by atoms with van der Waals surface area (Å²) >= 11 is 0. The average molecular weight is 315 g/mol. The number of hydrogen-bond donors (Lipinski definition) is 2. The van der Waals surface area contributed by atoms with Crippen molar-refractivity contribution in [3.05, 3.63) is 46.1 Å². The largest absolute Gasteiger partial charge is 0.507 e. The van der Waals surface area contributed by atoms with Gasteiger partial charge in [-0.05, 0) is 46.1 Å². The summed E-state index contributed by atoms with van der Waals surface area (Å²) in [6.45, 7) is 6.67. The molecule has 124 valence electrons. The van der Waals surface area contributed by atoms with Crippen LogP contribution in [0.2, 0.25) is 0 Å². The van der Waals surface area contributed by atoms with Gasteiger partial charge in [0.25, 0.3) is 5.91 Å². The highest BCUT2D eigenvalue weighted by Gasteiger charge is 2.26. The number of amides is 1. The van der Waals surface area contributed by atoms with Crippen molar-refractivity contribution >= 4 is 5.91 Å². The molecule has 1 aromatic rings. The van der Waals surface area contributed by atoms with Gasteiger partial charge < -0.3 is 15.2 Å². The van der Waals surface area contributed by atoms with Gasteiger partial charge in [0.15, 0.2) is 0 Å². The number of carbonyl (C=O) groups is 1. The predicted octanol–water partition coefficient (Wildman–Crippen LogP) is 3.88. The zero-order chi connectivity index (χ0) is 17.0. The summed E-state index contributed by atoms with van der Waals surface area (Å²) in [7, 11) is 1.56. The molecular formula is C19H25NO3. The molecule has 0 fully saturated rings. The van der Waals surface area contributed by atoms with Crippen LogP contribution in [0.3, 0.4) is 0 Å². The first kappa shape index (κ1) is 17.1. The molecule has 2 N–H and O–H groups in total. The number of methoxy groups -OCH3 is 1. The minimum absolute atomic E-state index is 0.159. The Labute approximate surface area is 137 Å². The number of aromatic hydroxyl groups is 1. The topological polar surface area (TPSA) is 58.6 Å². The summed E-state index contributed by atoms with van der Waals surface area (Å²) in [5.74, 6) is 0.575.